The summed E-state index contributed by atoms with van der Waals surface area (Å²) < 4.78 is 0.377. The Labute approximate surface area is 105 Å². The van der Waals surface area contributed by atoms with Gasteiger partial charge < -0.3 is 4.98 Å². The smallest absolute Gasteiger partial charge is 0.251 e. The topological polar surface area (TPSA) is 48.6 Å². The Morgan fingerprint density at radius 2 is 1.94 bits per heavy atom. The maximum absolute atomic E-state index is 11.4. The largest absolute Gasteiger partial charge is 0.335 e. The molecular weight excluding hydrogens is 232 g/mol. The molecule has 0 aliphatic rings. The van der Waals surface area contributed by atoms with E-state index < -0.39 is 0 Å². The summed E-state index contributed by atoms with van der Waals surface area (Å²) in [5.41, 5.74) is 1.90. The van der Waals surface area contributed by atoms with E-state index in [1.54, 1.807) is 6.07 Å². The van der Waals surface area contributed by atoms with Gasteiger partial charge in [0.25, 0.3) is 5.56 Å². The van der Waals surface area contributed by atoms with Crippen LogP contribution in [0.25, 0.3) is 0 Å². The third-order valence-corrected chi connectivity index (χ3v) is 2.97. The van der Waals surface area contributed by atoms with Gasteiger partial charge in [-0.25, -0.2) is 0 Å². The van der Waals surface area contributed by atoms with Crippen LogP contribution in [0, 0.1) is 4.77 Å². The van der Waals surface area contributed by atoms with Crippen molar-refractivity contribution in [2.45, 2.75) is 19.3 Å². The molecule has 0 aliphatic carbocycles. The van der Waals surface area contributed by atoms with Crippen molar-refractivity contribution in [3.63, 3.8) is 0 Å². The number of aromatic nitrogens is 2. The lowest BCUT2D eigenvalue weighted by Gasteiger charge is -2.15. The van der Waals surface area contributed by atoms with E-state index in [0.29, 0.717) is 4.77 Å². The van der Waals surface area contributed by atoms with Gasteiger partial charge in [0.1, 0.15) is 0 Å². The van der Waals surface area contributed by atoms with Crippen LogP contribution in [0.2, 0.25) is 0 Å². The van der Waals surface area contributed by atoms with E-state index in [1.807, 2.05) is 18.2 Å². The minimum absolute atomic E-state index is 0.155. The van der Waals surface area contributed by atoms with Crippen LogP contribution < -0.4 is 5.56 Å². The average Bonchev–Trinajstić information content (AvgIpc) is 2.30. The highest BCUT2D eigenvalue weighted by Gasteiger charge is 2.12. The maximum atomic E-state index is 11.4. The molecule has 0 unspecified atom stereocenters. The Balaban J connectivity index is 2.49. The molecule has 1 aromatic heterocycles. The van der Waals surface area contributed by atoms with Gasteiger partial charge in [-0.15, -0.1) is 0 Å². The van der Waals surface area contributed by atoms with Crippen LogP contribution in [0.1, 0.15) is 30.5 Å². The van der Waals surface area contributed by atoms with E-state index in [4.69, 9.17) is 12.2 Å². The van der Waals surface area contributed by atoms with E-state index in [1.165, 1.54) is 5.56 Å². The molecule has 0 amide bonds. The van der Waals surface area contributed by atoms with Crippen LogP contribution in [0.5, 0.6) is 0 Å². The molecule has 0 saturated heterocycles. The van der Waals surface area contributed by atoms with E-state index in [9.17, 15) is 4.79 Å². The maximum Gasteiger partial charge on any atom is 0.251 e. The summed E-state index contributed by atoms with van der Waals surface area (Å²) in [6.45, 7) is 2.09. The van der Waals surface area contributed by atoms with Gasteiger partial charge in [0.2, 0.25) is 0 Å². The third kappa shape index (κ3) is 2.71. The molecule has 0 bridgehead atoms. The second kappa shape index (κ2) is 5.10. The Morgan fingerprint density at radius 1 is 1.24 bits per heavy atom. The highest BCUT2D eigenvalue weighted by atomic mass is 32.1. The predicted octanol–water partition coefficient (Wildman–Crippen LogP) is 2.97. The van der Waals surface area contributed by atoms with Gasteiger partial charge in [-0.2, -0.15) is 0 Å². The zero-order valence-corrected chi connectivity index (χ0v) is 10.4. The Hall–Kier alpha value is -1.68. The van der Waals surface area contributed by atoms with E-state index in [0.717, 1.165) is 12.1 Å². The number of benzene rings is 1. The standard InChI is InChI=1S/C13H14N2OS/c1-2-10(9-6-4-3-5-7-9)11-8-12(16)15-13(17)14-11/h3-8,10H,2H2,1H3,(H2,14,15,16,17)/t10-/m1/s1. The molecule has 0 spiro atoms. The van der Waals surface area contributed by atoms with Crippen molar-refractivity contribution < 1.29 is 0 Å². The molecule has 1 atom stereocenters. The summed E-state index contributed by atoms with van der Waals surface area (Å²) in [4.78, 5) is 17.0. The minimum atomic E-state index is -0.155. The van der Waals surface area contributed by atoms with Gasteiger partial charge >= 0.3 is 0 Å². The number of nitrogens with one attached hydrogen (secondary N) is 2. The van der Waals surface area contributed by atoms with Crippen molar-refractivity contribution >= 4 is 12.2 Å². The van der Waals surface area contributed by atoms with E-state index >= 15 is 0 Å². The first kappa shape index (κ1) is 11.8. The molecular formula is C13H14N2OS. The quantitative estimate of drug-likeness (QED) is 0.818. The van der Waals surface area contributed by atoms with Gasteiger partial charge in [0.15, 0.2) is 4.77 Å². The summed E-state index contributed by atoms with van der Waals surface area (Å²) in [7, 11) is 0. The lowest BCUT2D eigenvalue weighted by atomic mass is 9.93. The summed E-state index contributed by atoms with van der Waals surface area (Å²) in [5, 5.41) is 0. The second-order valence-electron chi connectivity index (χ2n) is 3.91. The average molecular weight is 246 g/mol. The molecule has 0 aliphatic heterocycles. The van der Waals surface area contributed by atoms with E-state index in [-0.39, 0.29) is 11.5 Å². The monoisotopic (exact) mass is 246 g/mol. The fourth-order valence-electron chi connectivity index (χ4n) is 2.00. The van der Waals surface area contributed by atoms with Crippen molar-refractivity contribution in [3.05, 3.63) is 62.8 Å². The third-order valence-electron chi connectivity index (χ3n) is 2.77. The zero-order chi connectivity index (χ0) is 12.3. The van der Waals surface area contributed by atoms with Crippen LogP contribution in [0.15, 0.2) is 41.2 Å². The SMILES string of the molecule is CC[C@H](c1ccccc1)c1cc(=O)[nH]c(=S)[nH]1. The number of aromatic amines is 2. The van der Waals surface area contributed by atoms with Gasteiger partial charge in [0.05, 0.1) is 0 Å². The highest BCUT2D eigenvalue weighted by Crippen LogP contribution is 2.24. The number of hydrogen-bond donors (Lipinski definition) is 2. The fraction of sp³-hybridized carbons (Fsp3) is 0.231. The van der Waals surface area contributed by atoms with Crippen LogP contribution in [0.4, 0.5) is 0 Å². The summed E-state index contributed by atoms with van der Waals surface area (Å²) in [5.74, 6) is 0.181. The molecule has 2 N–H and O–H groups in total. The van der Waals surface area contributed by atoms with Crippen molar-refractivity contribution in [1.29, 1.82) is 0 Å². The highest BCUT2D eigenvalue weighted by molar-refractivity contribution is 7.71. The van der Waals surface area contributed by atoms with Crippen molar-refractivity contribution in [3.8, 4) is 0 Å². The number of hydrogen-bond acceptors (Lipinski definition) is 2. The second-order valence-corrected chi connectivity index (χ2v) is 4.32. The van der Waals surface area contributed by atoms with Crippen LogP contribution >= 0.6 is 12.2 Å². The zero-order valence-electron chi connectivity index (χ0n) is 9.57. The molecule has 0 saturated carbocycles. The fourth-order valence-corrected chi connectivity index (χ4v) is 2.21. The predicted molar refractivity (Wildman–Crippen MR) is 70.8 cm³/mol. The van der Waals surface area contributed by atoms with Crippen LogP contribution in [-0.4, -0.2) is 9.97 Å². The molecule has 0 radical (unpaired) electrons. The molecule has 88 valence electrons. The Morgan fingerprint density at radius 3 is 2.53 bits per heavy atom. The molecule has 3 nitrogen and oxygen atoms in total. The lowest BCUT2D eigenvalue weighted by Crippen LogP contribution is -2.12. The van der Waals surface area contributed by atoms with Gasteiger partial charge in [-0.1, -0.05) is 37.3 Å². The first-order chi connectivity index (χ1) is 8.20. The number of rotatable bonds is 3. The molecule has 2 rings (SSSR count). The summed E-state index contributed by atoms with van der Waals surface area (Å²) >= 11 is 4.99. The molecule has 1 heterocycles. The molecule has 1 aromatic carbocycles. The van der Waals surface area contributed by atoms with Gasteiger partial charge in [0, 0.05) is 17.7 Å². The van der Waals surface area contributed by atoms with Crippen molar-refractivity contribution in [1.82, 2.24) is 9.97 Å². The Kier molecular flexibility index (Phi) is 3.54. The van der Waals surface area contributed by atoms with Crippen molar-refractivity contribution in [2.24, 2.45) is 0 Å². The van der Waals surface area contributed by atoms with Gasteiger partial charge in [-0.05, 0) is 24.2 Å². The summed E-state index contributed by atoms with van der Waals surface area (Å²) in [6, 6.07) is 11.7. The normalized spacial score (nSPS) is 12.3. The molecule has 0 fully saturated rings. The van der Waals surface area contributed by atoms with E-state index in [2.05, 4.69) is 29.0 Å². The van der Waals surface area contributed by atoms with Crippen LogP contribution in [-0.2, 0) is 0 Å². The molecule has 2 aromatic rings. The minimum Gasteiger partial charge on any atom is -0.335 e. The molecule has 17 heavy (non-hydrogen) atoms. The number of H-pyrrole nitrogens is 2. The van der Waals surface area contributed by atoms with Gasteiger partial charge in [-0.3, -0.25) is 9.78 Å². The van der Waals surface area contributed by atoms with Crippen molar-refractivity contribution in [2.75, 3.05) is 0 Å². The first-order valence-electron chi connectivity index (χ1n) is 5.59. The van der Waals surface area contributed by atoms with Crippen LogP contribution in [0.3, 0.4) is 0 Å². The lowest BCUT2D eigenvalue weighted by molar-refractivity contribution is 0.739. The molecule has 4 heteroatoms. The Bertz CT molecular complexity index is 572. The summed E-state index contributed by atoms with van der Waals surface area (Å²) in [6.07, 6.45) is 0.915. The first-order valence-corrected chi connectivity index (χ1v) is 6.00.